The van der Waals surface area contributed by atoms with Crippen molar-refractivity contribution in [2.24, 2.45) is 11.3 Å². The smallest absolute Gasteiger partial charge is 0.248 e. The van der Waals surface area contributed by atoms with Crippen LogP contribution in [0.1, 0.15) is 36.1 Å². The predicted molar refractivity (Wildman–Crippen MR) is 139 cm³/mol. The second kappa shape index (κ2) is 9.11. The number of aryl methyl sites for hydroxylation is 1. The Morgan fingerprint density at radius 2 is 2.00 bits per heavy atom. The Labute approximate surface area is 216 Å². The average Bonchev–Trinajstić information content (AvgIpc) is 3.49. The van der Waals surface area contributed by atoms with Crippen molar-refractivity contribution in [1.29, 1.82) is 0 Å². The van der Waals surface area contributed by atoms with Crippen molar-refractivity contribution < 1.29 is 19.5 Å². The molecule has 2 fully saturated rings. The van der Waals surface area contributed by atoms with Crippen LogP contribution >= 0.6 is 0 Å². The van der Waals surface area contributed by atoms with Crippen molar-refractivity contribution >= 4 is 28.4 Å². The molecular weight excluding hydrogens is 468 g/mol. The van der Waals surface area contributed by atoms with Gasteiger partial charge in [-0.3, -0.25) is 24.7 Å². The van der Waals surface area contributed by atoms with E-state index in [9.17, 15) is 14.8 Å². The van der Waals surface area contributed by atoms with E-state index in [0.29, 0.717) is 19.6 Å². The molecule has 1 aromatic heterocycles. The number of nitrogens with one attached hydrogen (secondary N) is 1. The molecule has 2 amide bonds. The molecule has 2 unspecified atom stereocenters. The fourth-order valence-corrected chi connectivity index (χ4v) is 6.33. The number of ether oxygens (including phenoxy) is 1. The highest BCUT2D eigenvalue weighted by Crippen LogP contribution is 2.54. The Kier molecular flexibility index (Phi) is 5.88. The predicted octanol–water partition coefficient (Wildman–Crippen LogP) is 3.62. The zero-order valence-electron chi connectivity index (χ0n) is 21.2. The molecule has 8 nitrogen and oxygen atoms in total. The van der Waals surface area contributed by atoms with Gasteiger partial charge in [0.15, 0.2) is 0 Å². The molecule has 1 spiro atoms. The number of pyridine rings is 1. The van der Waals surface area contributed by atoms with Crippen LogP contribution in [0.5, 0.6) is 5.75 Å². The van der Waals surface area contributed by atoms with Crippen LogP contribution in [0.4, 0.5) is 5.69 Å². The molecule has 0 bridgehead atoms. The first kappa shape index (κ1) is 23.9. The van der Waals surface area contributed by atoms with Gasteiger partial charge in [-0.15, -0.1) is 0 Å². The van der Waals surface area contributed by atoms with Crippen LogP contribution in [0.15, 0.2) is 48.5 Å². The number of fused-ring (bicyclic) bond motifs is 2. The average molecular weight is 501 g/mol. The van der Waals surface area contributed by atoms with Crippen LogP contribution < -0.4 is 15.1 Å². The van der Waals surface area contributed by atoms with Gasteiger partial charge in [0.05, 0.1) is 11.4 Å². The monoisotopic (exact) mass is 500 g/mol. The van der Waals surface area contributed by atoms with Crippen LogP contribution in [0.25, 0.3) is 10.9 Å². The van der Waals surface area contributed by atoms with E-state index in [-0.39, 0.29) is 11.3 Å². The minimum Gasteiger partial charge on any atom is -0.489 e. The number of rotatable bonds is 5. The van der Waals surface area contributed by atoms with Crippen LogP contribution in [-0.4, -0.2) is 53.1 Å². The van der Waals surface area contributed by atoms with Crippen molar-refractivity contribution in [2.45, 2.75) is 45.3 Å². The zero-order chi connectivity index (χ0) is 25.7. The quantitative estimate of drug-likeness (QED) is 0.411. The molecule has 2 aliphatic heterocycles. The molecular formula is C29H32N4O4. The summed E-state index contributed by atoms with van der Waals surface area (Å²) >= 11 is 0. The van der Waals surface area contributed by atoms with Gasteiger partial charge in [-0.2, -0.15) is 0 Å². The second-order valence-electron chi connectivity index (χ2n) is 10.9. The van der Waals surface area contributed by atoms with Gasteiger partial charge in [-0.05, 0) is 81.0 Å². The largest absolute Gasteiger partial charge is 0.489 e. The lowest BCUT2D eigenvalue weighted by Crippen LogP contribution is -2.59. The maximum absolute atomic E-state index is 13.8. The van der Waals surface area contributed by atoms with Gasteiger partial charge in [-0.1, -0.05) is 18.2 Å². The van der Waals surface area contributed by atoms with E-state index in [0.717, 1.165) is 65.0 Å². The molecule has 0 radical (unpaired) electrons. The van der Waals surface area contributed by atoms with E-state index in [2.05, 4.69) is 17.1 Å². The summed E-state index contributed by atoms with van der Waals surface area (Å²) in [6.07, 6.45) is 3.50. The van der Waals surface area contributed by atoms with Crippen molar-refractivity contribution in [1.82, 2.24) is 15.4 Å². The number of para-hydroxylation sites is 1. The van der Waals surface area contributed by atoms with Gasteiger partial charge in [0.25, 0.3) is 0 Å². The van der Waals surface area contributed by atoms with Gasteiger partial charge in [0.1, 0.15) is 18.4 Å². The molecule has 3 aliphatic rings. The topological polar surface area (TPSA) is 95.0 Å². The number of nitrogens with zero attached hydrogens (tertiary/aromatic N) is 3. The van der Waals surface area contributed by atoms with Gasteiger partial charge >= 0.3 is 0 Å². The molecule has 192 valence electrons. The molecule has 6 rings (SSSR count). The minimum absolute atomic E-state index is 0.0854. The summed E-state index contributed by atoms with van der Waals surface area (Å²) in [4.78, 5) is 34.7. The third-order valence-electron chi connectivity index (χ3n) is 8.29. The first-order valence-corrected chi connectivity index (χ1v) is 12.9. The Hall–Kier alpha value is -3.49. The van der Waals surface area contributed by atoms with Gasteiger partial charge in [0.2, 0.25) is 11.8 Å². The van der Waals surface area contributed by atoms with E-state index in [1.807, 2.05) is 60.7 Å². The number of likely N-dealkylation sites (tertiary alicyclic amines) is 1. The van der Waals surface area contributed by atoms with Crippen LogP contribution in [0.3, 0.4) is 0 Å². The van der Waals surface area contributed by atoms with Crippen molar-refractivity contribution in [2.75, 3.05) is 25.0 Å². The number of hydrogen-bond acceptors (Lipinski definition) is 6. The Balaban J connectivity index is 1.20. The first-order valence-electron chi connectivity index (χ1n) is 12.9. The lowest BCUT2D eigenvalue weighted by Gasteiger charge is -2.42. The number of benzene rings is 2. The lowest BCUT2D eigenvalue weighted by atomic mass is 9.80. The standard InChI is InChI=1S/C29H32N4O4/c1-18-13-20(22-5-3-4-6-24(22)30-18)16-37-21-7-8-25-19(14-21)9-12-33(25)28(35)26-23(27(34)31-36)15-29(10-11-29)17-32(26)2/h3-8,13-14,23,26,36H,9-12,15-17H2,1-2H3,(H,31,34). The number of amides is 2. The molecule has 3 heterocycles. The van der Waals surface area contributed by atoms with Crippen molar-refractivity contribution in [3.63, 3.8) is 0 Å². The Morgan fingerprint density at radius 3 is 2.78 bits per heavy atom. The number of likely N-dealkylation sites (N-methyl/N-ethyl adjacent to an activating group) is 1. The lowest BCUT2D eigenvalue weighted by molar-refractivity contribution is -0.144. The highest BCUT2D eigenvalue weighted by Gasteiger charge is 2.55. The number of anilines is 1. The minimum atomic E-state index is -0.594. The molecule has 8 heteroatoms. The fourth-order valence-electron chi connectivity index (χ4n) is 6.33. The first-order chi connectivity index (χ1) is 17.9. The van der Waals surface area contributed by atoms with Gasteiger partial charge in [0, 0.05) is 35.4 Å². The molecule has 37 heavy (non-hydrogen) atoms. The molecule has 2 aromatic carbocycles. The van der Waals surface area contributed by atoms with Crippen molar-refractivity contribution in [3.8, 4) is 5.75 Å². The number of hydroxylamine groups is 1. The van der Waals surface area contributed by atoms with Crippen LogP contribution in [-0.2, 0) is 22.6 Å². The molecule has 1 aliphatic carbocycles. The van der Waals surface area contributed by atoms with E-state index in [4.69, 9.17) is 4.74 Å². The molecule has 1 saturated carbocycles. The Bertz CT molecular complexity index is 1390. The van der Waals surface area contributed by atoms with E-state index in [1.165, 1.54) is 0 Å². The summed E-state index contributed by atoms with van der Waals surface area (Å²) in [5.41, 5.74) is 6.83. The molecule has 3 aromatic rings. The van der Waals surface area contributed by atoms with Gasteiger partial charge < -0.3 is 9.64 Å². The zero-order valence-corrected chi connectivity index (χ0v) is 21.2. The highest BCUT2D eigenvalue weighted by molar-refractivity contribution is 6.02. The normalized spacial score (nSPS) is 22.2. The number of aromatic nitrogens is 1. The highest BCUT2D eigenvalue weighted by atomic mass is 16.5. The molecule has 2 N–H and O–H groups in total. The SMILES string of the molecule is Cc1cc(COc2ccc3c(c2)CCN3C(=O)C2C(C(=O)NO)CC3(CC3)CN2C)c2ccccc2n1. The maximum Gasteiger partial charge on any atom is 0.248 e. The third-order valence-corrected chi connectivity index (χ3v) is 8.29. The van der Waals surface area contributed by atoms with Crippen molar-refractivity contribution in [3.05, 3.63) is 65.4 Å². The Morgan fingerprint density at radius 1 is 1.19 bits per heavy atom. The number of piperidine rings is 1. The van der Waals surface area contributed by atoms with E-state index < -0.39 is 17.9 Å². The van der Waals surface area contributed by atoms with Crippen LogP contribution in [0, 0.1) is 18.3 Å². The second-order valence-corrected chi connectivity index (χ2v) is 10.9. The summed E-state index contributed by atoms with van der Waals surface area (Å²) in [5, 5.41) is 10.4. The van der Waals surface area contributed by atoms with Gasteiger partial charge in [-0.25, -0.2) is 5.48 Å². The number of carbonyl (C=O) groups is 2. The number of hydrogen-bond donors (Lipinski definition) is 2. The van der Waals surface area contributed by atoms with E-state index in [1.54, 1.807) is 4.90 Å². The summed E-state index contributed by atoms with van der Waals surface area (Å²) in [6.45, 7) is 3.78. The fraction of sp³-hybridized carbons (Fsp3) is 0.414. The summed E-state index contributed by atoms with van der Waals surface area (Å²) < 4.78 is 6.18. The summed E-state index contributed by atoms with van der Waals surface area (Å²) in [6, 6.07) is 15.4. The maximum atomic E-state index is 13.8. The summed E-state index contributed by atoms with van der Waals surface area (Å²) in [7, 11) is 1.91. The molecule has 1 saturated heterocycles. The molecule has 2 atom stereocenters. The van der Waals surface area contributed by atoms with E-state index >= 15 is 0 Å². The summed E-state index contributed by atoms with van der Waals surface area (Å²) in [5.74, 6) is -0.366. The van der Waals surface area contributed by atoms with Crippen LogP contribution in [0.2, 0.25) is 0 Å². The number of carbonyl (C=O) groups excluding carboxylic acids is 2. The third kappa shape index (κ3) is 4.34.